The second-order valence-electron chi connectivity index (χ2n) is 5.92. The van der Waals surface area contributed by atoms with E-state index in [1.165, 1.54) is 6.07 Å². The number of hydrogen-bond donors (Lipinski definition) is 0. The van der Waals surface area contributed by atoms with Crippen LogP contribution in [0.3, 0.4) is 0 Å². The van der Waals surface area contributed by atoms with Gasteiger partial charge in [-0.3, -0.25) is 0 Å². The summed E-state index contributed by atoms with van der Waals surface area (Å²) in [5.74, 6) is 0. The molecule has 4 aromatic rings. The molecular formula is C20H14O4. The van der Waals surface area contributed by atoms with Crippen LogP contribution >= 0.6 is 0 Å². The Kier molecular flexibility index (Phi) is 3.13. The van der Waals surface area contributed by atoms with Gasteiger partial charge in [0, 0.05) is 22.4 Å². The van der Waals surface area contributed by atoms with E-state index in [1.54, 1.807) is 18.2 Å². The molecule has 0 N–H and O–H groups in total. The lowest BCUT2D eigenvalue weighted by Crippen LogP contribution is -2.05. The van der Waals surface area contributed by atoms with E-state index in [0.29, 0.717) is 22.3 Å². The topological polar surface area (TPSA) is 60.4 Å². The highest BCUT2D eigenvalue weighted by molar-refractivity contribution is 5.95. The van der Waals surface area contributed by atoms with Crippen molar-refractivity contribution in [2.24, 2.45) is 0 Å². The molecule has 0 unspecified atom stereocenters. The highest BCUT2D eigenvalue weighted by atomic mass is 16.4. The van der Waals surface area contributed by atoms with E-state index < -0.39 is 11.3 Å². The average Bonchev–Trinajstić information content (AvgIpc) is 2.54. The van der Waals surface area contributed by atoms with E-state index >= 15 is 0 Å². The van der Waals surface area contributed by atoms with Crippen LogP contribution in [0.1, 0.15) is 11.1 Å². The van der Waals surface area contributed by atoms with Gasteiger partial charge < -0.3 is 8.83 Å². The molecule has 0 amide bonds. The smallest absolute Gasteiger partial charge is 0.344 e. The molecular weight excluding hydrogens is 304 g/mol. The SMILES string of the molecule is Cc1ccc2oc(=O)c(-c3cccc4c(C)cc(=O)oc34)cc2c1. The van der Waals surface area contributed by atoms with Crippen LogP contribution in [0.4, 0.5) is 0 Å². The summed E-state index contributed by atoms with van der Waals surface area (Å²) in [6.45, 7) is 3.82. The summed E-state index contributed by atoms with van der Waals surface area (Å²) in [6.07, 6.45) is 0. The molecule has 2 aromatic heterocycles. The molecule has 0 atom stereocenters. The number of aryl methyl sites for hydroxylation is 2. The molecule has 0 saturated carbocycles. The van der Waals surface area contributed by atoms with Gasteiger partial charge in [0.1, 0.15) is 11.2 Å². The van der Waals surface area contributed by atoms with Crippen LogP contribution < -0.4 is 11.3 Å². The summed E-state index contributed by atoms with van der Waals surface area (Å²) in [4.78, 5) is 24.2. The second kappa shape index (κ2) is 5.20. The minimum atomic E-state index is -0.456. The van der Waals surface area contributed by atoms with Gasteiger partial charge in [-0.15, -0.1) is 0 Å². The van der Waals surface area contributed by atoms with Gasteiger partial charge in [-0.2, -0.15) is 0 Å². The van der Waals surface area contributed by atoms with E-state index in [4.69, 9.17) is 8.83 Å². The quantitative estimate of drug-likeness (QED) is 0.494. The third kappa shape index (κ3) is 2.24. The van der Waals surface area contributed by atoms with Crippen molar-refractivity contribution in [1.29, 1.82) is 0 Å². The molecule has 0 aliphatic rings. The molecule has 118 valence electrons. The first-order valence-corrected chi connectivity index (χ1v) is 7.61. The lowest BCUT2D eigenvalue weighted by atomic mass is 10.0. The van der Waals surface area contributed by atoms with Crippen molar-refractivity contribution in [3.8, 4) is 11.1 Å². The Morgan fingerprint density at radius 1 is 0.833 bits per heavy atom. The highest BCUT2D eigenvalue weighted by Gasteiger charge is 2.14. The first-order chi connectivity index (χ1) is 11.5. The van der Waals surface area contributed by atoms with E-state index in [1.807, 2.05) is 38.1 Å². The number of rotatable bonds is 1. The zero-order chi connectivity index (χ0) is 16.8. The number of fused-ring (bicyclic) bond motifs is 2. The molecule has 0 aliphatic heterocycles. The van der Waals surface area contributed by atoms with Crippen LogP contribution in [-0.2, 0) is 0 Å². The van der Waals surface area contributed by atoms with Crippen LogP contribution in [0.25, 0.3) is 33.1 Å². The maximum atomic E-state index is 12.4. The Morgan fingerprint density at radius 3 is 2.50 bits per heavy atom. The third-order valence-corrected chi connectivity index (χ3v) is 4.15. The Labute approximate surface area is 137 Å². The van der Waals surface area contributed by atoms with Crippen molar-refractivity contribution in [1.82, 2.24) is 0 Å². The van der Waals surface area contributed by atoms with E-state index in [2.05, 4.69) is 0 Å². The highest BCUT2D eigenvalue weighted by Crippen LogP contribution is 2.29. The molecule has 4 rings (SSSR count). The Bertz CT molecular complexity index is 1210. The van der Waals surface area contributed by atoms with Crippen molar-refractivity contribution >= 4 is 21.9 Å². The summed E-state index contributed by atoms with van der Waals surface area (Å²) in [7, 11) is 0. The molecule has 0 radical (unpaired) electrons. The zero-order valence-corrected chi connectivity index (χ0v) is 13.3. The van der Waals surface area contributed by atoms with E-state index in [0.717, 1.165) is 21.9 Å². The summed E-state index contributed by atoms with van der Waals surface area (Å²) in [6, 6.07) is 14.3. The number of benzene rings is 2. The van der Waals surface area contributed by atoms with Crippen molar-refractivity contribution < 1.29 is 8.83 Å². The van der Waals surface area contributed by atoms with E-state index in [9.17, 15) is 9.59 Å². The van der Waals surface area contributed by atoms with Crippen LogP contribution in [0.15, 0.2) is 67.0 Å². The fourth-order valence-electron chi connectivity index (χ4n) is 2.98. The molecule has 4 heteroatoms. The molecule has 4 nitrogen and oxygen atoms in total. The largest absolute Gasteiger partial charge is 0.422 e. The Morgan fingerprint density at radius 2 is 1.67 bits per heavy atom. The van der Waals surface area contributed by atoms with Gasteiger partial charge in [-0.05, 0) is 37.6 Å². The van der Waals surface area contributed by atoms with Crippen LogP contribution in [0.2, 0.25) is 0 Å². The predicted octanol–water partition coefficient (Wildman–Crippen LogP) is 4.18. The van der Waals surface area contributed by atoms with Crippen molar-refractivity contribution in [2.45, 2.75) is 13.8 Å². The molecule has 24 heavy (non-hydrogen) atoms. The Hall–Kier alpha value is -3.14. The van der Waals surface area contributed by atoms with Crippen molar-refractivity contribution in [3.63, 3.8) is 0 Å². The van der Waals surface area contributed by atoms with Crippen LogP contribution in [0, 0.1) is 13.8 Å². The molecule has 0 spiro atoms. The van der Waals surface area contributed by atoms with E-state index in [-0.39, 0.29) is 0 Å². The lowest BCUT2D eigenvalue weighted by Gasteiger charge is -2.07. The fraction of sp³-hybridized carbons (Fsp3) is 0.100. The predicted molar refractivity (Wildman–Crippen MR) is 93.4 cm³/mol. The Balaban J connectivity index is 2.11. The maximum absolute atomic E-state index is 12.4. The van der Waals surface area contributed by atoms with Gasteiger partial charge in [0.15, 0.2) is 0 Å². The van der Waals surface area contributed by atoms with Gasteiger partial charge in [-0.25, -0.2) is 9.59 Å². The van der Waals surface area contributed by atoms with Gasteiger partial charge in [-0.1, -0.05) is 29.8 Å². The van der Waals surface area contributed by atoms with Crippen LogP contribution in [-0.4, -0.2) is 0 Å². The summed E-state index contributed by atoms with van der Waals surface area (Å²) in [5.41, 5.74) is 2.87. The summed E-state index contributed by atoms with van der Waals surface area (Å²) in [5, 5.41) is 1.63. The van der Waals surface area contributed by atoms with Gasteiger partial charge >= 0.3 is 11.3 Å². The molecule has 0 bridgehead atoms. The average molecular weight is 318 g/mol. The second-order valence-corrected chi connectivity index (χ2v) is 5.92. The minimum absolute atomic E-state index is 0.382. The maximum Gasteiger partial charge on any atom is 0.344 e. The molecule has 2 heterocycles. The summed E-state index contributed by atoms with van der Waals surface area (Å²) < 4.78 is 10.8. The summed E-state index contributed by atoms with van der Waals surface area (Å²) >= 11 is 0. The van der Waals surface area contributed by atoms with Gasteiger partial charge in [0.2, 0.25) is 0 Å². The van der Waals surface area contributed by atoms with Gasteiger partial charge in [0.25, 0.3) is 0 Å². The van der Waals surface area contributed by atoms with Crippen molar-refractivity contribution in [2.75, 3.05) is 0 Å². The van der Waals surface area contributed by atoms with Gasteiger partial charge in [0.05, 0.1) is 5.56 Å². The minimum Gasteiger partial charge on any atom is -0.422 e. The van der Waals surface area contributed by atoms with Crippen molar-refractivity contribution in [3.05, 3.63) is 80.5 Å². The first-order valence-electron chi connectivity index (χ1n) is 7.61. The lowest BCUT2D eigenvalue weighted by molar-refractivity contribution is 0.555. The zero-order valence-electron chi connectivity index (χ0n) is 13.3. The number of para-hydroxylation sites is 1. The molecule has 2 aromatic carbocycles. The standard InChI is InChI=1S/C20H14O4/c1-11-6-7-17-13(8-11)10-16(20(22)23-17)15-5-3-4-14-12(2)9-18(21)24-19(14)15/h3-10H,1-2H3. The molecule has 0 saturated heterocycles. The first kappa shape index (κ1) is 14.5. The molecule has 0 aliphatic carbocycles. The molecule has 0 fully saturated rings. The van der Waals surface area contributed by atoms with Crippen LogP contribution in [0.5, 0.6) is 0 Å². The number of hydrogen-bond acceptors (Lipinski definition) is 4. The monoisotopic (exact) mass is 318 g/mol. The fourth-order valence-corrected chi connectivity index (χ4v) is 2.98. The third-order valence-electron chi connectivity index (χ3n) is 4.15. The normalized spacial score (nSPS) is 11.2.